The summed E-state index contributed by atoms with van der Waals surface area (Å²) in [5.74, 6) is 0.950. The van der Waals surface area contributed by atoms with Crippen molar-refractivity contribution in [2.24, 2.45) is 0 Å². The highest BCUT2D eigenvalue weighted by Crippen LogP contribution is 2.16. The minimum atomic E-state index is -0.161. The van der Waals surface area contributed by atoms with E-state index < -0.39 is 0 Å². The molecule has 0 radical (unpaired) electrons. The molecule has 0 saturated heterocycles. The van der Waals surface area contributed by atoms with E-state index in [1.165, 1.54) is 12.8 Å². The number of carbonyl (C=O) groups is 1. The smallest absolute Gasteiger partial charge is 0.311 e. The Morgan fingerprint density at radius 1 is 1.60 bits per heavy atom. The van der Waals surface area contributed by atoms with Crippen molar-refractivity contribution in [1.29, 1.82) is 0 Å². The topological polar surface area (TPSA) is 44.1 Å². The number of ether oxygens (including phenoxy) is 1. The second kappa shape index (κ2) is 4.47. The van der Waals surface area contributed by atoms with Crippen LogP contribution in [0, 0.1) is 0 Å². The summed E-state index contributed by atoms with van der Waals surface area (Å²) >= 11 is 0. The predicted molar refractivity (Wildman–Crippen MR) is 55.5 cm³/mol. The highest BCUT2D eigenvalue weighted by atomic mass is 16.5. The molecule has 0 amide bonds. The molecule has 0 N–H and O–H groups in total. The van der Waals surface area contributed by atoms with Crippen molar-refractivity contribution in [3.8, 4) is 0 Å². The average Bonchev–Trinajstić information content (AvgIpc) is 2.62. The summed E-state index contributed by atoms with van der Waals surface area (Å²) in [5, 5.41) is 0. The molecule has 2 heterocycles. The first-order chi connectivity index (χ1) is 7.31. The summed E-state index contributed by atoms with van der Waals surface area (Å²) in [4.78, 5) is 15.7. The molecule has 4 heteroatoms. The van der Waals surface area contributed by atoms with E-state index in [0.717, 1.165) is 24.5 Å². The van der Waals surface area contributed by atoms with Gasteiger partial charge >= 0.3 is 5.97 Å². The number of imidazole rings is 1. The lowest BCUT2D eigenvalue weighted by Gasteiger charge is -2.15. The summed E-state index contributed by atoms with van der Waals surface area (Å²) in [6, 6.07) is 0. The number of nitrogens with zero attached hydrogens (tertiary/aromatic N) is 2. The van der Waals surface area contributed by atoms with E-state index in [-0.39, 0.29) is 5.97 Å². The molecule has 15 heavy (non-hydrogen) atoms. The lowest BCUT2D eigenvalue weighted by molar-refractivity contribution is -0.142. The van der Waals surface area contributed by atoms with Crippen LogP contribution in [0.25, 0.3) is 0 Å². The van der Waals surface area contributed by atoms with Crippen LogP contribution in [0.4, 0.5) is 0 Å². The Bertz CT molecular complexity index is 357. The van der Waals surface area contributed by atoms with Crippen LogP contribution in [-0.4, -0.2) is 22.1 Å². The van der Waals surface area contributed by atoms with E-state index in [9.17, 15) is 4.79 Å². The maximum absolute atomic E-state index is 11.3. The first kappa shape index (κ1) is 10.2. The van der Waals surface area contributed by atoms with Crippen LogP contribution < -0.4 is 0 Å². The van der Waals surface area contributed by atoms with Crippen LogP contribution in [0.5, 0.6) is 0 Å². The fourth-order valence-electron chi connectivity index (χ4n) is 1.98. The third-order valence-electron chi connectivity index (χ3n) is 2.68. The molecule has 1 aromatic heterocycles. The predicted octanol–water partition coefficient (Wildman–Crippen LogP) is 1.33. The SMILES string of the molecule is CCOC(=O)Cc1cnc2n1CCCC2. The Kier molecular flexibility index (Phi) is 3.04. The molecule has 0 aromatic carbocycles. The zero-order chi connectivity index (χ0) is 10.7. The third-order valence-corrected chi connectivity index (χ3v) is 2.68. The molecular weight excluding hydrogens is 192 g/mol. The highest BCUT2D eigenvalue weighted by molar-refractivity contribution is 5.71. The van der Waals surface area contributed by atoms with E-state index in [0.29, 0.717) is 13.0 Å². The molecule has 1 aromatic rings. The first-order valence-electron chi connectivity index (χ1n) is 5.50. The minimum absolute atomic E-state index is 0.161. The number of rotatable bonds is 3. The molecule has 82 valence electrons. The normalized spacial score (nSPS) is 14.7. The molecule has 0 spiro atoms. The van der Waals surface area contributed by atoms with Crippen molar-refractivity contribution in [1.82, 2.24) is 9.55 Å². The minimum Gasteiger partial charge on any atom is -0.466 e. The van der Waals surface area contributed by atoms with Crippen LogP contribution in [0.3, 0.4) is 0 Å². The Labute approximate surface area is 89.3 Å². The molecule has 0 bridgehead atoms. The van der Waals surface area contributed by atoms with Crippen molar-refractivity contribution in [3.63, 3.8) is 0 Å². The molecule has 0 unspecified atom stereocenters. The molecule has 0 atom stereocenters. The van der Waals surface area contributed by atoms with Gasteiger partial charge in [0.2, 0.25) is 0 Å². The van der Waals surface area contributed by atoms with Crippen molar-refractivity contribution >= 4 is 5.97 Å². The van der Waals surface area contributed by atoms with Gasteiger partial charge in [-0.25, -0.2) is 4.98 Å². The summed E-state index contributed by atoms with van der Waals surface area (Å²) < 4.78 is 7.08. The molecule has 0 fully saturated rings. The van der Waals surface area contributed by atoms with Crippen molar-refractivity contribution in [2.75, 3.05) is 6.61 Å². The lowest BCUT2D eigenvalue weighted by atomic mass is 10.1. The van der Waals surface area contributed by atoms with E-state index in [2.05, 4.69) is 9.55 Å². The van der Waals surface area contributed by atoms with Gasteiger partial charge in [-0.1, -0.05) is 0 Å². The maximum atomic E-state index is 11.3. The number of aryl methyl sites for hydroxylation is 1. The van der Waals surface area contributed by atoms with Crippen LogP contribution in [0.1, 0.15) is 31.3 Å². The van der Waals surface area contributed by atoms with Crippen LogP contribution in [-0.2, 0) is 28.9 Å². The largest absolute Gasteiger partial charge is 0.466 e. The molecular formula is C11H16N2O2. The van der Waals surface area contributed by atoms with Crippen molar-refractivity contribution in [2.45, 2.75) is 39.2 Å². The fraction of sp³-hybridized carbons (Fsp3) is 0.636. The Morgan fingerprint density at radius 3 is 3.27 bits per heavy atom. The van der Waals surface area contributed by atoms with Crippen LogP contribution in [0.15, 0.2) is 6.20 Å². The number of fused-ring (bicyclic) bond motifs is 1. The number of aromatic nitrogens is 2. The highest BCUT2D eigenvalue weighted by Gasteiger charge is 2.16. The molecule has 4 nitrogen and oxygen atoms in total. The second-order valence-electron chi connectivity index (χ2n) is 3.76. The summed E-state index contributed by atoms with van der Waals surface area (Å²) in [6.45, 7) is 3.26. The Balaban J connectivity index is 2.08. The number of hydrogen-bond acceptors (Lipinski definition) is 3. The maximum Gasteiger partial charge on any atom is 0.311 e. The Hall–Kier alpha value is -1.32. The van der Waals surface area contributed by atoms with Gasteiger partial charge in [-0.3, -0.25) is 4.79 Å². The summed E-state index contributed by atoms with van der Waals surface area (Å²) in [6.07, 6.45) is 5.57. The number of carbonyl (C=O) groups excluding carboxylic acids is 1. The fourth-order valence-corrected chi connectivity index (χ4v) is 1.98. The van der Waals surface area contributed by atoms with Crippen LogP contribution in [0.2, 0.25) is 0 Å². The third kappa shape index (κ3) is 2.19. The van der Waals surface area contributed by atoms with Gasteiger partial charge in [0.15, 0.2) is 0 Å². The average molecular weight is 208 g/mol. The van der Waals surface area contributed by atoms with E-state index in [1.54, 1.807) is 6.20 Å². The molecule has 0 aliphatic carbocycles. The first-order valence-corrected chi connectivity index (χ1v) is 5.50. The van der Waals surface area contributed by atoms with Gasteiger partial charge in [-0.2, -0.15) is 0 Å². The number of hydrogen-bond donors (Lipinski definition) is 0. The Morgan fingerprint density at radius 2 is 2.47 bits per heavy atom. The molecule has 0 saturated carbocycles. The zero-order valence-corrected chi connectivity index (χ0v) is 9.03. The second-order valence-corrected chi connectivity index (χ2v) is 3.76. The van der Waals surface area contributed by atoms with Gasteiger partial charge in [-0.05, 0) is 19.8 Å². The van der Waals surface area contributed by atoms with Gasteiger partial charge in [-0.15, -0.1) is 0 Å². The van der Waals surface area contributed by atoms with Gasteiger partial charge in [0.05, 0.1) is 13.0 Å². The molecule has 2 rings (SSSR count). The monoisotopic (exact) mass is 208 g/mol. The zero-order valence-electron chi connectivity index (χ0n) is 9.03. The van der Waals surface area contributed by atoms with E-state index in [1.807, 2.05) is 6.92 Å². The van der Waals surface area contributed by atoms with E-state index >= 15 is 0 Å². The van der Waals surface area contributed by atoms with Crippen molar-refractivity contribution < 1.29 is 9.53 Å². The lowest BCUT2D eigenvalue weighted by Crippen LogP contribution is -2.16. The summed E-state index contributed by atoms with van der Waals surface area (Å²) in [5.41, 5.74) is 0.989. The van der Waals surface area contributed by atoms with Gasteiger partial charge in [0, 0.05) is 24.9 Å². The van der Waals surface area contributed by atoms with Gasteiger partial charge in [0.1, 0.15) is 5.82 Å². The standard InChI is InChI=1S/C11H16N2O2/c1-2-15-11(14)7-9-8-12-10-5-3-4-6-13(9)10/h8H,2-7H2,1H3. The summed E-state index contributed by atoms with van der Waals surface area (Å²) in [7, 11) is 0. The van der Waals surface area contributed by atoms with E-state index in [4.69, 9.17) is 4.74 Å². The van der Waals surface area contributed by atoms with Crippen molar-refractivity contribution in [3.05, 3.63) is 17.7 Å². The quantitative estimate of drug-likeness (QED) is 0.704. The number of esters is 1. The molecule has 1 aliphatic rings. The van der Waals surface area contributed by atoms with Crippen LogP contribution >= 0.6 is 0 Å². The molecule has 1 aliphatic heterocycles. The van der Waals surface area contributed by atoms with Gasteiger partial charge in [0.25, 0.3) is 0 Å². The van der Waals surface area contributed by atoms with Gasteiger partial charge < -0.3 is 9.30 Å².